The average Bonchev–Trinajstić information content (AvgIpc) is 2.63. The second kappa shape index (κ2) is 10.8. The predicted molar refractivity (Wildman–Crippen MR) is 86.4 cm³/mol. The normalized spacial score (nSPS) is 12.4. The molecule has 134 valence electrons. The van der Waals surface area contributed by atoms with Crippen LogP contribution < -0.4 is 5.32 Å². The summed E-state index contributed by atoms with van der Waals surface area (Å²) in [4.78, 5) is 42.1. The summed E-state index contributed by atoms with van der Waals surface area (Å²) < 4.78 is 10.1. The van der Waals surface area contributed by atoms with Crippen molar-refractivity contribution in [3.8, 4) is 0 Å². The molecule has 0 bridgehead atoms. The summed E-state index contributed by atoms with van der Waals surface area (Å²) in [5.74, 6) is -1.66. The van der Waals surface area contributed by atoms with Crippen molar-refractivity contribution in [2.24, 2.45) is 0 Å². The van der Waals surface area contributed by atoms with Crippen LogP contribution >= 0.6 is 0 Å². The SMILES string of the molecule is CO[C@H](C)C(=O)N[C@@H](CCC(=O)C=[N+]=[N-])C(=O)OCc1ccncc1. The fraction of sp³-hybridized carbons (Fsp3) is 0.438. The Morgan fingerprint density at radius 3 is 2.64 bits per heavy atom. The summed E-state index contributed by atoms with van der Waals surface area (Å²) >= 11 is 0. The second-order valence-corrected chi connectivity index (χ2v) is 5.15. The number of hydrogen-bond acceptors (Lipinski definition) is 6. The van der Waals surface area contributed by atoms with Gasteiger partial charge in [-0.25, -0.2) is 4.79 Å². The van der Waals surface area contributed by atoms with Crippen molar-refractivity contribution < 1.29 is 28.6 Å². The Morgan fingerprint density at radius 1 is 1.36 bits per heavy atom. The third-order valence-corrected chi connectivity index (χ3v) is 3.34. The fourth-order valence-electron chi connectivity index (χ4n) is 1.79. The van der Waals surface area contributed by atoms with Crippen LogP contribution in [0.2, 0.25) is 0 Å². The van der Waals surface area contributed by atoms with Crippen LogP contribution in [-0.4, -0.2) is 52.9 Å². The molecule has 1 aromatic heterocycles. The number of methoxy groups -OCH3 is 1. The van der Waals surface area contributed by atoms with E-state index in [-0.39, 0.29) is 19.4 Å². The molecule has 1 N–H and O–H groups in total. The number of ketones is 1. The van der Waals surface area contributed by atoms with Crippen LogP contribution in [0.25, 0.3) is 5.53 Å². The number of ether oxygens (including phenoxy) is 2. The van der Waals surface area contributed by atoms with Gasteiger partial charge in [-0.1, -0.05) is 0 Å². The highest BCUT2D eigenvalue weighted by molar-refractivity contribution is 6.25. The Morgan fingerprint density at radius 2 is 2.04 bits per heavy atom. The van der Waals surface area contributed by atoms with Crippen molar-refractivity contribution in [2.45, 2.75) is 38.5 Å². The number of carbonyl (C=O) groups is 3. The van der Waals surface area contributed by atoms with Gasteiger partial charge in [0.05, 0.1) is 0 Å². The monoisotopic (exact) mass is 348 g/mol. The molecule has 9 nitrogen and oxygen atoms in total. The molecular weight excluding hydrogens is 328 g/mol. The van der Waals surface area contributed by atoms with Gasteiger partial charge in [0.2, 0.25) is 11.7 Å². The topological polar surface area (TPSA) is 131 Å². The highest BCUT2D eigenvalue weighted by atomic mass is 16.5. The van der Waals surface area contributed by atoms with Crippen LogP contribution in [0.4, 0.5) is 0 Å². The smallest absolute Gasteiger partial charge is 0.328 e. The van der Waals surface area contributed by atoms with Crippen LogP contribution in [-0.2, 0) is 30.5 Å². The first-order chi connectivity index (χ1) is 12.0. The maximum Gasteiger partial charge on any atom is 0.328 e. The van der Waals surface area contributed by atoms with Crippen molar-refractivity contribution in [3.63, 3.8) is 0 Å². The molecule has 0 aromatic carbocycles. The van der Waals surface area contributed by atoms with Gasteiger partial charge in [-0.2, -0.15) is 4.79 Å². The molecule has 0 radical (unpaired) electrons. The molecule has 9 heteroatoms. The number of carbonyl (C=O) groups excluding carboxylic acids is 3. The average molecular weight is 348 g/mol. The molecule has 25 heavy (non-hydrogen) atoms. The third kappa shape index (κ3) is 7.47. The molecule has 0 saturated heterocycles. The minimum Gasteiger partial charge on any atom is -0.459 e. The fourth-order valence-corrected chi connectivity index (χ4v) is 1.79. The van der Waals surface area contributed by atoms with Gasteiger partial charge >= 0.3 is 12.2 Å². The Bertz CT molecular complexity index is 643. The predicted octanol–water partition coefficient (Wildman–Crippen LogP) is 0.294. The molecule has 0 spiro atoms. The van der Waals surface area contributed by atoms with E-state index in [1.54, 1.807) is 24.5 Å². The van der Waals surface area contributed by atoms with E-state index < -0.39 is 29.8 Å². The molecule has 1 aromatic rings. The van der Waals surface area contributed by atoms with Gasteiger partial charge in [0, 0.05) is 25.9 Å². The van der Waals surface area contributed by atoms with Crippen LogP contribution in [0.15, 0.2) is 24.5 Å². The number of aromatic nitrogens is 1. The van der Waals surface area contributed by atoms with Crippen LogP contribution in [0.1, 0.15) is 25.3 Å². The van der Waals surface area contributed by atoms with Gasteiger partial charge in [0.1, 0.15) is 18.8 Å². The maximum atomic E-state index is 12.2. The van der Waals surface area contributed by atoms with Crippen molar-refractivity contribution >= 4 is 23.9 Å². The first-order valence-electron chi connectivity index (χ1n) is 7.57. The molecule has 0 aliphatic heterocycles. The Kier molecular flexibility index (Phi) is 8.70. The highest BCUT2D eigenvalue weighted by Gasteiger charge is 2.25. The Hall–Kier alpha value is -2.90. The largest absolute Gasteiger partial charge is 0.459 e. The molecule has 1 amide bonds. The lowest BCUT2D eigenvalue weighted by atomic mass is 10.1. The molecule has 2 atom stereocenters. The molecule has 0 saturated carbocycles. The van der Waals surface area contributed by atoms with E-state index in [1.165, 1.54) is 14.0 Å². The zero-order chi connectivity index (χ0) is 18.7. The number of nitrogens with one attached hydrogen (secondary N) is 1. The number of rotatable bonds is 10. The quantitative estimate of drug-likeness (QED) is 0.280. The van der Waals surface area contributed by atoms with E-state index in [0.29, 0.717) is 0 Å². The van der Waals surface area contributed by atoms with Crippen LogP contribution in [0, 0.1) is 0 Å². The molecule has 1 rings (SSSR count). The number of amides is 1. The maximum absolute atomic E-state index is 12.2. The minimum atomic E-state index is -1.03. The van der Waals surface area contributed by atoms with E-state index in [0.717, 1.165) is 11.8 Å². The first-order valence-corrected chi connectivity index (χ1v) is 7.57. The molecule has 0 aliphatic rings. The summed E-state index contributed by atoms with van der Waals surface area (Å²) in [6.45, 7) is 1.54. The summed E-state index contributed by atoms with van der Waals surface area (Å²) in [6, 6.07) is 2.35. The third-order valence-electron chi connectivity index (χ3n) is 3.34. The summed E-state index contributed by atoms with van der Waals surface area (Å²) in [5.41, 5.74) is 9.08. The molecule has 0 aliphatic carbocycles. The zero-order valence-corrected chi connectivity index (χ0v) is 14.0. The van der Waals surface area contributed by atoms with E-state index in [4.69, 9.17) is 15.0 Å². The molecule has 1 heterocycles. The van der Waals surface area contributed by atoms with Gasteiger partial charge in [-0.15, -0.1) is 0 Å². The van der Waals surface area contributed by atoms with Gasteiger partial charge in [-0.3, -0.25) is 14.6 Å². The summed E-state index contributed by atoms with van der Waals surface area (Å²) in [6.07, 6.45) is 3.01. The van der Waals surface area contributed by atoms with Crippen molar-refractivity contribution in [2.75, 3.05) is 7.11 Å². The zero-order valence-electron chi connectivity index (χ0n) is 14.0. The molecule has 0 fully saturated rings. The lowest BCUT2D eigenvalue weighted by molar-refractivity contribution is -0.150. The summed E-state index contributed by atoms with van der Waals surface area (Å²) in [5, 5.41) is 2.49. The van der Waals surface area contributed by atoms with Crippen molar-refractivity contribution in [3.05, 3.63) is 35.6 Å². The van der Waals surface area contributed by atoms with Crippen LogP contribution in [0.3, 0.4) is 0 Å². The highest BCUT2D eigenvalue weighted by Crippen LogP contribution is 2.06. The number of Topliss-reactive ketones (excluding diaryl/α,β-unsaturated/α-hetero) is 1. The first kappa shape index (κ1) is 20.1. The summed E-state index contributed by atoms with van der Waals surface area (Å²) in [7, 11) is 1.36. The van der Waals surface area contributed by atoms with Crippen molar-refractivity contribution in [1.82, 2.24) is 10.3 Å². The lowest BCUT2D eigenvalue weighted by Crippen LogP contribution is -2.46. The number of hydrogen-bond donors (Lipinski definition) is 1. The minimum absolute atomic E-state index is 0.00219. The van der Waals surface area contributed by atoms with E-state index in [2.05, 4.69) is 15.1 Å². The number of pyridine rings is 1. The Balaban J connectivity index is 2.70. The van der Waals surface area contributed by atoms with Gasteiger partial charge < -0.3 is 20.3 Å². The number of esters is 1. The van der Waals surface area contributed by atoms with Crippen LogP contribution in [0.5, 0.6) is 0 Å². The van der Waals surface area contributed by atoms with E-state index >= 15 is 0 Å². The molecule has 0 unspecified atom stereocenters. The number of nitrogens with zero attached hydrogens (tertiary/aromatic N) is 3. The van der Waals surface area contributed by atoms with Gasteiger partial charge in [-0.05, 0) is 31.0 Å². The Labute approximate surface area is 145 Å². The van der Waals surface area contributed by atoms with Crippen molar-refractivity contribution in [1.29, 1.82) is 0 Å². The van der Waals surface area contributed by atoms with Gasteiger partial charge in [0.25, 0.3) is 0 Å². The lowest BCUT2D eigenvalue weighted by Gasteiger charge is -2.19. The van der Waals surface area contributed by atoms with E-state index in [9.17, 15) is 14.4 Å². The van der Waals surface area contributed by atoms with Gasteiger partial charge in [0.15, 0.2) is 0 Å². The second-order valence-electron chi connectivity index (χ2n) is 5.15. The van der Waals surface area contributed by atoms with E-state index in [1.807, 2.05) is 0 Å². The standard InChI is InChI=1S/C16H20N4O5/c1-11(24-2)15(22)20-14(4-3-13(21)9-19-17)16(23)25-10-12-5-7-18-8-6-12/h5-9,11,14H,3-4,10H2,1-2H3,(H,20,22)/t11-,14+/m1/s1. The molecular formula is C16H20N4O5.